The van der Waals surface area contributed by atoms with Crippen molar-refractivity contribution in [1.82, 2.24) is 0 Å². The Morgan fingerprint density at radius 1 is 0.850 bits per heavy atom. The predicted molar refractivity (Wildman–Crippen MR) is 79.2 cm³/mol. The van der Waals surface area contributed by atoms with Crippen molar-refractivity contribution in [3.8, 4) is 11.5 Å². The van der Waals surface area contributed by atoms with E-state index in [0.29, 0.717) is 13.2 Å². The second-order valence-corrected chi connectivity index (χ2v) is 5.06. The number of hydrogen-bond acceptors (Lipinski definition) is 3. The standard InChI is InChI=1S/C17H20O3/c1-3-20-12-17(2,13-4-8-15(18)9-5-13)14-6-10-16(19)11-7-14/h4-11,18-19H,3,12H2,1-2H3. The summed E-state index contributed by atoms with van der Waals surface area (Å²) in [6.45, 7) is 5.25. The second kappa shape index (κ2) is 5.97. The van der Waals surface area contributed by atoms with Crippen molar-refractivity contribution in [2.45, 2.75) is 19.3 Å². The van der Waals surface area contributed by atoms with E-state index in [-0.39, 0.29) is 16.9 Å². The van der Waals surface area contributed by atoms with Gasteiger partial charge in [0.25, 0.3) is 0 Å². The largest absolute Gasteiger partial charge is 0.508 e. The van der Waals surface area contributed by atoms with Crippen LogP contribution in [0, 0.1) is 0 Å². The number of phenolic OH excluding ortho intramolecular Hbond substituents is 2. The zero-order valence-electron chi connectivity index (χ0n) is 11.8. The van der Waals surface area contributed by atoms with Crippen LogP contribution < -0.4 is 0 Å². The lowest BCUT2D eigenvalue weighted by molar-refractivity contribution is 0.112. The average molecular weight is 272 g/mol. The molecule has 0 heterocycles. The smallest absolute Gasteiger partial charge is 0.115 e. The molecule has 0 aliphatic carbocycles. The van der Waals surface area contributed by atoms with Crippen molar-refractivity contribution in [3.05, 3.63) is 59.7 Å². The lowest BCUT2D eigenvalue weighted by atomic mass is 9.77. The summed E-state index contributed by atoms with van der Waals surface area (Å²) < 4.78 is 5.64. The Labute approximate surface area is 119 Å². The van der Waals surface area contributed by atoms with Gasteiger partial charge < -0.3 is 14.9 Å². The third-order valence-electron chi connectivity index (χ3n) is 3.60. The van der Waals surface area contributed by atoms with Gasteiger partial charge in [-0.3, -0.25) is 0 Å². The van der Waals surface area contributed by atoms with Crippen LogP contribution in [0.3, 0.4) is 0 Å². The fraction of sp³-hybridized carbons (Fsp3) is 0.294. The minimum atomic E-state index is -0.322. The zero-order chi connectivity index (χ0) is 14.6. The molecule has 0 amide bonds. The molecule has 0 bridgehead atoms. The molecule has 0 aliphatic heterocycles. The van der Waals surface area contributed by atoms with Crippen molar-refractivity contribution in [1.29, 1.82) is 0 Å². The molecule has 0 saturated carbocycles. The van der Waals surface area contributed by atoms with Gasteiger partial charge >= 0.3 is 0 Å². The van der Waals surface area contributed by atoms with Gasteiger partial charge in [-0.1, -0.05) is 24.3 Å². The number of aromatic hydroxyl groups is 2. The summed E-state index contributed by atoms with van der Waals surface area (Å²) in [5.74, 6) is 0.497. The molecule has 0 fully saturated rings. The summed E-state index contributed by atoms with van der Waals surface area (Å²) in [6.07, 6.45) is 0. The van der Waals surface area contributed by atoms with Crippen molar-refractivity contribution < 1.29 is 14.9 Å². The third kappa shape index (κ3) is 2.94. The van der Waals surface area contributed by atoms with E-state index in [1.54, 1.807) is 24.3 Å². The Balaban J connectivity index is 2.43. The molecule has 0 saturated heterocycles. The molecule has 106 valence electrons. The van der Waals surface area contributed by atoms with Crippen LogP contribution in [0.1, 0.15) is 25.0 Å². The van der Waals surface area contributed by atoms with Crippen LogP contribution in [0.15, 0.2) is 48.5 Å². The van der Waals surface area contributed by atoms with Gasteiger partial charge in [-0.2, -0.15) is 0 Å². The molecule has 0 unspecified atom stereocenters. The van der Waals surface area contributed by atoms with Crippen LogP contribution in [0.4, 0.5) is 0 Å². The molecule has 2 aromatic rings. The van der Waals surface area contributed by atoms with Gasteiger partial charge in [-0.05, 0) is 49.2 Å². The maximum atomic E-state index is 9.44. The van der Waals surface area contributed by atoms with E-state index in [0.717, 1.165) is 11.1 Å². The molecule has 2 aromatic carbocycles. The Morgan fingerprint density at radius 3 is 1.60 bits per heavy atom. The molecule has 20 heavy (non-hydrogen) atoms. The molecule has 2 N–H and O–H groups in total. The summed E-state index contributed by atoms with van der Waals surface area (Å²) >= 11 is 0. The molecule has 0 atom stereocenters. The minimum Gasteiger partial charge on any atom is -0.508 e. The topological polar surface area (TPSA) is 49.7 Å². The second-order valence-electron chi connectivity index (χ2n) is 5.06. The van der Waals surface area contributed by atoms with Crippen LogP contribution in [0.2, 0.25) is 0 Å². The average Bonchev–Trinajstić information content (AvgIpc) is 2.46. The molecule has 0 aliphatic rings. The monoisotopic (exact) mass is 272 g/mol. The van der Waals surface area contributed by atoms with Crippen molar-refractivity contribution >= 4 is 0 Å². The molecule has 0 spiro atoms. The third-order valence-corrected chi connectivity index (χ3v) is 3.60. The van der Waals surface area contributed by atoms with Gasteiger partial charge in [0.1, 0.15) is 11.5 Å². The predicted octanol–water partition coefficient (Wildman–Crippen LogP) is 3.44. The molecular weight excluding hydrogens is 252 g/mol. The first-order valence-electron chi connectivity index (χ1n) is 6.73. The van der Waals surface area contributed by atoms with Crippen LogP contribution in [-0.2, 0) is 10.2 Å². The van der Waals surface area contributed by atoms with E-state index in [4.69, 9.17) is 4.74 Å². The first kappa shape index (κ1) is 14.4. The summed E-state index contributed by atoms with van der Waals surface area (Å²) in [5, 5.41) is 18.9. The highest BCUT2D eigenvalue weighted by molar-refractivity contribution is 5.42. The summed E-state index contributed by atoms with van der Waals surface area (Å²) in [4.78, 5) is 0. The van der Waals surface area contributed by atoms with Crippen molar-refractivity contribution in [2.75, 3.05) is 13.2 Å². The van der Waals surface area contributed by atoms with E-state index < -0.39 is 0 Å². The van der Waals surface area contributed by atoms with Gasteiger partial charge in [0.15, 0.2) is 0 Å². The van der Waals surface area contributed by atoms with E-state index in [2.05, 4.69) is 6.92 Å². The lowest BCUT2D eigenvalue weighted by Gasteiger charge is -2.30. The van der Waals surface area contributed by atoms with E-state index in [1.807, 2.05) is 31.2 Å². The van der Waals surface area contributed by atoms with Gasteiger partial charge in [0.05, 0.1) is 6.61 Å². The van der Waals surface area contributed by atoms with E-state index >= 15 is 0 Å². The Bertz CT molecular complexity index is 498. The molecule has 2 rings (SSSR count). The fourth-order valence-electron chi connectivity index (χ4n) is 2.30. The number of ether oxygens (including phenoxy) is 1. The Morgan fingerprint density at radius 2 is 1.25 bits per heavy atom. The quantitative estimate of drug-likeness (QED) is 0.876. The van der Waals surface area contributed by atoms with Gasteiger partial charge in [-0.25, -0.2) is 0 Å². The molecule has 0 aromatic heterocycles. The van der Waals surface area contributed by atoms with Crippen LogP contribution >= 0.6 is 0 Å². The number of phenols is 2. The van der Waals surface area contributed by atoms with Crippen LogP contribution in [0.25, 0.3) is 0 Å². The number of hydrogen-bond donors (Lipinski definition) is 2. The number of rotatable bonds is 5. The molecular formula is C17H20O3. The van der Waals surface area contributed by atoms with Gasteiger partial charge in [0.2, 0.25) is 0 Å². The molecule has 0 radical (unpaired) electrons. The first-order valence-corrected chi connectivity index (χ1v) is 6.73. The minimum absolute atomic E-state index is 0.248. The normalized spacial score (nSPS) is 11.5. The van der Waals surface area contributed by atoms with Crippen LogP contribution in [-0.4, -0.2) is 23.4 Å². The summed E-state index contributed by atoms with van der Waals surface area (Å²) in [6, 6.07) is 14.3. The maximum Gasteiger partial charge on any atom is 0.115 e. The maximum absolute atomic E-state index is 9.44. The Kier molecular flexibility index (Phi) is 4.30. The lowest BCUT2D eigenvalue weighted by Crippen LogP contribution is -2.29. The SMILES string of the molecule is CCOCC(C)(c1ccc(O)cc1)c1ccc(O)cc1. The van der Waals surface area contributed by atoms with E-state index in [9.17, 15) is 10.2 Å². The molecule has 3 nitrogen and oxygen atoms in total. The van der Waals surface area contributed by atoms with Gasteiger partial charge in [-0.15, -0.1) is 0 Å². The summed E-state index contributed by atoms with van der Waals surface area (Å²) in [5.41, 5.74) is 1.81. The summed E-state index contributed by atoms with van der Waals surface area (Å²) in [7, 11) is 0. The zero-order valence-corrected chi connectivity index (χ0v) is 11.8. The van der Waals surface area contributed by atoms with E-state index in [1.165, 1.54) is 0 Å². The first-order chi connectivity index (χ1) is 9.56. The fourth-order valence-corrected chi connectivity index (χ4v) is 2.30. The van der Waals surface area contributed by atoms with Crippen LogP contribution in [0.5, 0.6) is 11.5 Å². The van der Waals surface area contributed by atoms with Crippen molar-refractivity contribution in [3.63, 3.8) is 0 Å². The number of benzene rings is 2. The van der Waals surface area contributed by atoms with Crippen molar-refractivity contribution in [2.24, 2.45) is 0 Å². The highest BCUT2D eigenvalue weighted by Gasteiger charge is 2.29. The molecule has 3 heteroatoms. The Hall–Kier alpha value is -2.00. The van der Waals surface area contributed by atoms with Gasteiger partial charge in [0, 0.05) is 12.0 Å². The highest BCUT2D eigenvalue weighted by atomic mass is 16.5. The highest BCUT2D eigenvalue weighted by Crippen LogP contribution is 2.34.